The lowest BCUT2D eigenvalue weighted by atomic mass is 9.69. The zero-order valence-corrected chi connectivity index (χ0v) is 20.9. The van der Waals surface area contributed by atoms with Crippen molar-refractivity contribution in [3.05, 3.63) is 83.5 Å². The Kier molecular flexibility index (Phi) is 5.76. The van der Waals surface area contributed by atoms with E-state index in [1.807, 2.05) is 51.1 Å². The van der Waals surface area contributed by atoms with Gasteiger partial charge in [-0.15, -0.1) is 0 Å². The molecular weight excluding hydrogens is 458 g/mol. The van der Waals surface area contributed by atoms with Crippen LogP contribution in [0.25, 0.3) is 33.4 Å². The molecule has 1 aliphatic rings. The summed E-state index contributed by atoms with van der Waals surface area (Å²) in [6.07, 6.45) is 1.79. The monoisotopic (exact) mass is 485 g/mol. The maximum atomic E-state index is 12.3. The highest BCUT2D eigenvalue weighted by molar-refractivity contribution is 6.29. The number of fused-ring (bicyclic) bond motifs is 1. The van der Waals surface area contributed by atoms with Gasteiger partial charge in [0.1, 0.15) is 5.15 Å². The normalized spacial score (nSPS) is 15.0. The number of pyridine rings is 2. The first kappa shape index (κ1) is 23.3. The Morgan fingerprint density at radius 2 is 1.60 bits per heavy atom. The largest absolute Gasteiger partial charge is 0.465 e. The molecule has 0 spiro atoms. The van der Waals surface area contributed by atoms with Crippen LogP contribution in [0.3, 0.4) is 0 Å². The van der Waals surface area contributed by atoms with Crippen LogP contribution < -0.4 is 0 Å². The molecule has 0 bridgehead atoms. The highest BCUT2D eigenvalue weighted by Gasteiger charge is 2.50. The Morgan fingerprint density at radius 1 is 0.914 bits per heavy atom. The molecule has 1 aliphatic carbocycles. The van der Waals surface area contributed by atoms with Crippen molar-refractivity contribution in [2.45, 2.75) is 51.1 Å². The Hall–Kier alpha value is -3.44. The van der Waals surface area contributed by atoms with Crippen LogP contribution in [0.15, 0.2) is 72.8 Å². The third-order valence-electron chi connectivity index (χ3n) is 6.89. The third-order valence-corrected chi connectivity index (χ3v) is 7.10. The zero-order valence-electron chi connectivity index (χ0n) is 20.1. The van der Waals surface area contributed by atoms with Crippen molar-refractivity contribution in [3.8, 4) is 22.4 Å². The van der Waals surface area contributed by atoms with Crippen molar-refractivity contribution in [2.75, 3.05) is 0 Å². The molecule has 0 unspecified atom stereocenters. The van der Waals surface area contributed by atoms with Crippen LogP contribution in [0.5, 0.6) is 0 Å². The van der Waals surface area contributed by atoms with Crippen LogP contribution in [-0.2, 0) is 5.54 Å². The summed E-state index contributed by atoms with van der Waals surface area (Å²) in [5, 5.41) is 10.5. The molecule has 0 radical (unpaired) electrons. The number of hydrogen-bond donors (Lipinski definition) is 1. The molecule has 0 aliphatic heterocycles. The van der Waals surface area contributed by atoms with Gasteiger partial charge in [0.05, 0.1) is 22.3 Å². The van der Waals surface area contributed by atoms with Crippen LogP contribution in [0.2, 0.25) is 5.15 Å². The molecule has 4 aromatic rings. The molecule has 2 heterocycles. The first-order valence-corrected chi connectivity index (χ1v) is 12.2. The quantitative estimate of drug-likeness (QED) is 0.300. The van der Waals surface area contributed by atoms with Crippen LogP contribution in [-0.4, -0.2) is 31.6 Å². The summed E-state index contributed by atoms with van der Waals surface area (Å²) < 4.78 is 0. The van der Waals surface area contributed by atoms with E-state index in [4.69, 9.17) is 16.6 Å². The molecule has 5 nitrogen and oxygen atoms in total. The van der Waals surface area contributed by atoms with Gasteiger partial charge >= 0.3 is 6.09 Å². The minimum atomic E-state index is -0.880. The SMILES string of the molecule is CC(C)(C)N(C(=O)O)C1(c2ccc(-c3nc4ccc(Cl)nc4cc3-c3ccccc3)cc2)CCC1. The highest BCUT2D eigenvalue weighted by Crippen LogP contribution is 2.49. The number of rotatable bonds is 4. The summed E-state index contributed by atoms with van der Waals surface area (Å²) >= 11 is 6.15. The molecule has 2 aromatic heterocycles. The van der Waals surface area contributed by atoms with E-state index in [9.17, 15) is 9.90 Å². The van der Waals surface area contributed by atoms with E-state index in [1.54, 1.807) is 11.0 Å². The summed E-state index contributed by atoms with van der Waals surface area (Å²) in [6, 6.07) is 24.0. The third kappa shape index (κ3) is 4.14. The van der Waals surface area contributed by atoms with E-state index in [2.05, 4.69) is 41.4 Å². The summed E-state index contributed by atoms with van der Waals surface area (Å²) in [5.41, 5.74) is 5.39. The smallest absolute Gasteiger partial charge is 0.408 e. The molecule has 1 N–H and O–H groups in total. The predicted octanol–water partition coefficient (Wildman–Crippen LogP) is 7.77. The molecule has 1 saturated carbocycles. The van der Waals surface area contributed by atoms with Crippen molar-refractivity contribution in [3.63, 3.8) is 0 Å². The zero-order chi connectivity index (χ0) is 24.8. The van der Waals surface area contributed by atoms with Crippen LogP contribution in [0.4, 0.5) is 4.79 Å². The number of halogens is 1. The predicted molar refractivity (Wildman–Crippen MR) is 141 cm³/mol. The van der Waals surface area contributed by atoms with E-state index in [1.165, 1.54) is 0 Å². The Morgan fingerprint density at radius 3 is 2.17 bits per heavy atom. The van der Waals surface area contributed by atoms with Gasteiger partial charge in [0.15, 0.2) is 0 Å². The van der Waals surface area contributed by atoms with Crippen molar-refractivity contribution in [2.24, 2.45) is 0 Å². The van der Waals surface area contributed by atoms with Crippen LogP contribution >= 0.6 is 11.6 Å². The maximum Gasteiger partial charge on any atom is 0.408 e. The number of aromatic nitrogens is 2. The number of carbonyl (C=O) groups is 1. The van der Waals surface area contributed by atoms with Crippen molar-refractivity contribution in [1.29, 1.82) is 0 Å². The molecule has 0 atom stereocenters. The Balaban J connectivity index is 1.62. The minimum absolute atomic E-state index is 0.433. The van der Waals surface area contributed by atoms with E-state index in [0.29, 0.717) is 5.15 Å². The fourth-order valence-electron chi connectivity index (χ4n) is 5.29. The van der Waals surface area contributed by atoms with E-state index < -0.39 is 17.2 Å². The molecule has 35 heavy (non-hydrogen) atoms. The molecule has 0 saturated heterocycles. The first-order chi connectivity index (χ1) is 16.7. The summed E-state index contributed by atoms with van der Waals surface area (Å²) in [4.78, 5) is 23.4. The summed E-state index contributed by atoms with van der Waals surface area (Å²) in [7, 11) is 0. The molecular formula is C29H28ClN3O2. The van der Waals surface area contributed by atoms with Crippen molar-refractivity contribution in [1.82, 2.24) is 14.9 Å². The van der Waals surface area contributed by atoms with Gasteiger partial charge in [0.2, 0.25) is 0 Å². The second kappa shape index (κ2) is 8.65. The Bertz CT molecular complexity index is 1390. The van der Waals surface area contributed by atoms with Gasteiger partial charge in [0, 0.05) is 16.7 Å². The number of benzene rings is 2. The van der Waals surface area contributed by atoms with Gasteiger partial charge in [-0.3, -0.25) is 4.90 Å². The second-order valence-corrected chi connectivity index (χ2v) is 10.6. The Labute approximate surface area is 210 Å². The number of nitrogens with zero attached hydrogens (tertiary/aromatic N) is 3. The molecule has 6 heteroatoms. The number of hydrogen-bond acceptors (Lipinski definition) is 3. The lowest BCUT2D eigenvalue weighted by molar-refractivity contribution is -0.0328. The van der Waals surface area contributed by atoms with Gasteiger partial charge in [0.25, 0.3) is 0 Å². The lowest BCUT2D eigenvalue weighted by Crippen LogP contribution is -2.60. The average Bonchev–Trinajstić information content (AvgIpc) is 2.80. The van der Waals surface area contributed by atoms with Gasteiger partial charge in [-0.2, -0.15) is 0 Å². The standard InChI is InChI=1S/C29H28ClN3O2/c1-28(2,3)33(27(34)35)29(16-7-17-29)21-12-10-20(11-13-21)26-22(19-8-5-4-6-9-19)18-24-23(32-26)14-15-25(30)31-24/h4-6,8-15,18H,7,16-17H2,1-3H3,(H,34,35). The average molecular weight is 486 g/mol. The fourth-order valence-corrected chi connectivity index (χ4v) is 5.44. The van der Waals surface area contributed by atoms with Gasteiger partial charge in [-0.1, -0.05) is 66.2 Å². The number of amides is 1. The molecule has 178 valence electrons. The van der Waals surface area contributed by atoms with E-state index >= 15 is 0 Å². The van der Waals surface area contributed by atoms with Crippen LogP contribution in [0.1, 0.15) is 45.6 Å². The lowest BCUT2D eigenvalue weighted by Gasteiger charge is -2.54. The topological polar surface area (TPSA) is 66.3 Å². The highest BCUT2D eigenvalue weighted by atomic mass is 35.5. The molecule has 1 fully saturated rings. The van der Waals surface area contributed by atoms with E-state index in [0.717, 1.165) is 58.2 Å². The van der Waals surface area contributed by atoms with Gasteiger partial charge in [-0.05, 0) is 69.4 Å². The maximum absolute atomic E-state index is 12.3. The summed E-state index contributed by atoms with van der Waals surface area (Å²) in [6.45, 7) is 5.88. The minimum Gasteiger partial charge on any atom is -0.465 e. The molecule has 2 aromatic carbocycles. The molecule has 1 amide bonds. The molecule has 5 rings (SSSR count). The number of carboxylic acid groups (broad SMARTS) is 1. The van der Waals surface area contributed by atoms with E-state index in [-0.39, 0.29) is 0 Å². The van der Waals surface area contributed by atoms with Gasteiger partial charge in [-0.25, -0.2) is 14.8 Å². The summed E-state index contributed by atoms with van der Waals surface area (Å²) in [5.74, 6) is 0. The van der Waals surface area contributed by atoms with Crippen molar-refractivity contribution < 1.29 is 9.90 Å². The van der Waals surface area contributed by atoms with Crippen LogP contribution in [0, 0.1) is 0 Å². The van der Waals surface area contributed by atoms with Gasteiger partial charge < -0.3 is 5.11 Å². The second-order valence-electron chi connectivity index (χ2n) is 10.2. The van der Waals surface area contributed by atoms with Crippen molar-refractivity contribution >= 4 is 28.7 Å². The first-order valence-electron chi connectivity index (χ1n) is 11.9. The fraction of sp³-hybridized carbons (Fsp3) is 0.276.